The van der Waals surface area contributed by atoms with Crippen molar-refractivity contribution in [3.8, 4) is 0 Å². The molecule has 2 heterocycles. The van der Waals surface area contributed by atoms with Gasteiger partial charge in [-0.2, -0.15) is 13.2 Å². The second-order valence-corrected chi connectivity index (χ2v) is 10.1. The monoisotopic (exact) mass is 532 g/mol. The van der Waals surface area contributed by atoms with E-state index in [0.717, 1.165) is 50.8 Å². The van der Waals surface area contributed by atoms with Crippen molar-refractivity contribution in [2.24, 2.45) is 0 Å². The summed E-state index contributed by atoms with van der Waals surface area (Å²) in [5.74, 6) is -0.590. The van der Waals surface area contributed by atoms with Gasteiger partial charge >= 0.3 is 6.18 Å². The third-order valence-electron chi connectivity index (χ3n) is 7.43. The van der Waals surface area contributed by atoms with E-state index in [9.17, 15) is 22.8 Å². The van der Waals surface area contributed by atoms with Crippen molar-refractivity contribution in [2.75, 3.05) is 26.2 Å². The van der Waals surface area contributed by atoms with Gasteiger partial charge in [0.05, 0.1) is 24.3 Å². The van der Waals surface area contributed by atoms with Crippen LogP contribution in [0.2, 0.25) is 0 Å². The van der Waals surface area contributed by atoms with Gasteiger partial charge in [-0.05, 0) is 73.9 Å². The molecule has 1 saturated carbocycles. The van der Waals surface area contributed by atoms with E-state index in [1.165, 1.54) is 17.7 Å². The largest absolute Gasteiger partial charge is 0.416 e. The molecular weight excluding hydrogens is 497 g/mol. The van der Waals surface area contributed by atoms with Crippen molar-refractivity contribution in [3.05, 3.63) is 65.5 Å². The summed E-state index contributed by atoms with van der Waals surface area (Å²) in [5.41, 5.74) is 0.277. The van der Waals surface area contributed by atoms with Gasteiger partial charge in [0.1, 0.15) is 0 Å². The van der Waals surface area contributed by atoms with Gasteiger partial charge in [-0.25, -0.2) is 0 Å². The van der Waals surface area contributed by atoms with Crippen LogP contribution in [0.1, 0.15) is 66.4 Å². The molecule has 1 aromatic carbocycles. The Labute approximate surface area is 221 Å². The molecule has 2 fully saturated rings. The highest BCUT2D eigenvalue weighted by molar-refractivity contribution is 5.96. The summed E-state index contributed by atoms with van der Waals surface area (Å²) in [6, 6.07) is 8.51. The minimum Gasteiger partial charge on any atom is -0.375 e. The average molecular weight is 533 g/mol. The Balaban J connectivity index is 1.29. The normalized spacial score (nSPS) is 24.2. The van der Waals surface area contributed by atoms with Crippen LogP contribution in [0.25, 0.3) is 0 Å². The summed E-state index contributed by atoms with van der Waals surface area (Å²) in [6.07, 6.45) is 4.18. The Kier molecular flexibility index (Phi) is 9.38. The number of pyridine rings is 1. The zero-order valence-corrected chi connectivity index (χ0v) is 21.5. The van der Waals surface area contributed by atoms with Crippen molar-refractivity contribution in [1.29, 1.82) is 0 Å². The molecule has 1 aliphatic heterocycles. The molecule has 0 unspecified atom stereocenters. The van der Waals surface area contributed by atoms with Gasteiger partial charge in [-0.1, -0.05) is 13.0 Å². The van der Waals surface area contributed by atoms with Crippen LogP contribution in [0.5, 0.6) is 0 Å². The maximum Gasteiger partial charge on any atom is 0.416 e. The molecule has 2 N–H and O–H groups in total. The third-order valence-corrected chi connectivity index (χ3v) is 7.43. The summed E-state index contributed by atoms with van der Waals surface area (Å²) in [7, 11) is 0. The first-order valence-corrected chi connectivity index (χ1v) is 13.2. The number of carbonyl (C=O) groups excluding carboxylic acids is 2. The molecule has 0 radical (unpaired) electrons. The molecule has 2 amide bonds. The number of likely N-dealkylation sites (tertiary alicyclic amines) is 1. The van der Waals surface area contributed by atoms with Crippen molar-refractivity contribution < 1.29 is 27.5 Å². The Hall–Kier alpha value is -2.98. The molecule has 4 rings (SSSR count). The molecule has 1 aromatic heterocycles. The Morgan fingerprint density at radius 1 is 1.08 bits per heavy atom. The molecule has 7 nitrogen and oxygen atoms in total. The van der Waals surface area contributed by atoms with Crippen molar-refractivity contribution in [1.82, 2.24) is 20.5 Å². The van der Waals surface area contributed by atoms with E-state index in [0.29, 0.717) is 25.1 Å². The van der Waals surface area contributed by atoms with Crippen molar-refractivity contribution in [2.45, 2.75) is 69.3 Å². The smallest absolute Gasteiger partial charge is 0.375 e. The number of ether oxygens (including phenoxy) is 1. The van der Waals surface area contributed by atoms with Crippen LogP contribution in [0, 0.1) is 0 Å². The number of benzene rings is 1. The van der Waals surface area contributed by atoms with Crippen LogP contribution < -0.4 is 10.6 Å². The quantitative estimate of drug-likeness (QED) is 0.507. The lowest BCUT2D eigenvalue weighted by atomic mass is 9.81. The Morgan fingerprint density at radius 3 is 2.50 bits per heavy atom. The lowest BCUT2D eigenvalue weighted by Gasteiger charge is -2.34. The maximum absolute atomic E-state index is 12.9. The second-order valence-electron chi connectivity index (χ2n) is 10.1. The first kappa shape index (κ1) is 28.0. The maximum atomic E-state index is 12.9. The lowest BCUT2D eigenvalue weighted by Crippen LogP contribution is -2.48. The number of amides is 2. The molecule has 38 heavy (non-hydrogen) atoms. The molecule has 0 spiro atoms. The van der Waals surface area contributed by atoms with E-state index in [4.69, 9.17) is 4.74 Å². The minimum absolute atomic E-state index is 0.147. The molecule has 1 aliphatic carbocycles. The first-order chi connectivity index (χ1) is 18.2. The van der Waals surface area contributed by atoms with Gasteiger partial charge in [0.15, 0.2) is 0 Å². The standard InChI is InChI=1S/C28H35F3N4O3/c1-2-14-38-25-18-35(23-8-6-19(7-9-23)20-10-12-32-13-11-20)17-24(25)34-26(36)16-33-27(37)21-4-3-5-22(15-21)28(29,30)31/h3-5,10-13,15,19,23-25H,2,6-9,14,16-18H2,1H3,(H,33,37)(H,34,36)/t19?,23?,24-,25-/m0/s1. The average Bonchev–Trinajstić information content (AvgIpc) is 3.33. The number of hydrogen-bond acceptors (Lipinski definition) is 5. The molecular formula is C28H35F3N4O3. The number of rotatable bonds is 9. The highest BCUT2D eigenvalue weighted by Crippen LogP contribution is 2.36. The van der Waals surface area contributed by atoms with E-state index >= 15 is 0 Å². The van der Waals surface area contributed by atoms with Crippen LogP contribution in [0.15, 0.2) is 48.8 Å². The molecule has 206 valence electrons. The van der Waals surface area contributed by atoms with E-state index in [2.05, 4.69) is 32.7 Å². The van der Waals surface area contributed by atoms with E-state index in [1.54, 1.807) is 0 Å². The van der Waals surface area contributed by atoms with Gasteiger partial charge in [0, 0.05) is 43.7 Å². The van der Waals surface area contributed by atoms with E-state index < -0.39 is 23.6 Å². The number of aromatic nitrogens is 1. The van der Waals surface area contributed by atoms with Crippen LogP contribution in [0.3, 0.4) is 0 Å². The van der Waals surface area contributed by atoms with Gasteiger partial charge < -0.3 is 15.4 Å². The highest BCUT2D eigenvalue weighted by Gasteiger charge is 2.39. The SMILES string of the molecule is CCCO[C@H]1CN(C2CCC(c3ccncc3)CC2)C[C@@H]1NC(=O)CNC(=O)c1cccc(C(F)(F)F)c1. The van der Waals surface area contributed by atoms with Crippen LogP contribution >= 0.6 is 0 Å². The highest BCUT2D eigenvalue weighted by atomic mass is 19.4. The van der Waals surface area contributed by atoms with Crippen LogP contribution in [-0.2, 0) is 15.7 Å². The zero-order chi connectivity index (χ0) is 27.1. The van der Waals surface area contributed by atoms with Crippen molar-refractivity contribution in [3.63, 3.8) is 0 Å². The first-order valence-electron chi connectivity index (χ1n) is 13.2. The summed E-state index contributed by atoms with van der Waals surface area (Å²) >= 11 is 0. The second kappa shape index (κ2) is 12.7. The number of halogens is 3. The number of hydrogen-bond donors (Lipinski definition) is 2. The van der Waals surface area contributed by atoms with Gasteiger partial charge in [0.2, 0.25) is 5.91 Å². The molecule has 1 saturated heterocycles. The number of nitrogens with one attached hydrogen (secondary N) is 2. The molecule has 2 aromatic rings. The van der Waals surface area contributed by atoms with Crippen molar-refractivity contribution >= 4 is 11.8 Å². The summed E-state index contributed by atoms with van der Waals surface area (Å²) in [6.45, 7) is 3.68. The lowest BCUT2D eigenvalue weighted by molar-refractivity contribution is -0.137. The fourth-order valence-electron chi connectivity index (χ4n) is 5.45. The molecule has 0 bridgehead atoms. The van der Waals surface area contributed by atoms with E-state index in [1.807, 2.05) is 19.3 Å². The van der Waals surface area contributed by atoms with Gasteiger partial charge in [0.25, 0.3) is 5.91 Å². The summed E-state index contributed by atoms with van der Waals surface area (Å²) < 4.78 is 44.9. The van der Waals surface area contributed by atoms with Gasteiger partial charge in [-0.3, -0.25) is 19.5 Å². The number of alkyl halides is 3. The predicted molar refractivity (Wildman–Crippen MR) is 137 cm³/mol. The fraction of sp³-hybridized carbons (Fsp3) is 0.536. The third kappa shape index (κ3) is 7.32. The summed E-state index contributed by atoms with van der Waals surface area (Å²) in [4.78, 5) is 31.6. The number of carbonyl (C=O) groups is 2. The Bertz CT molecular complexity index is 1070. The Morgan fingerprint density at radius 2 is 1.82 bits per heavy atom. The van der Waals surface area contributed by atoms with Gasteiger partial charge in [-0.15, -0.1) is 0 Å². The zero-order valence-electron chi connectivity index (χ0n) is 21.5. The topological polar surface area (TPSA) is 83.6 Å². The minimum atomic E-state index is -4.55. The van der Waals surface area contributed by atoms with Crippen LogP contribution in [-0.4, -0.2) is 66.1 Å². The van der Waals surface area contributed by atoms with E-state index in [-0.39, 0.29) is 24.3 Å². The molecule has 2 atom stereocenters. The number of nitrogens with zero attached hydrogens (tertiary/aromatic N) is 2. The molecule has 2 aliphatic rings. The predicted octanol–water partition coefficient (Wildman–Crippen LogP) is 4.15. The summed E-state index contributed by atoms with van der Waals surface area (Å²) in [5, 5.41) is 5.40. The molecule has 10 heteroatoms. The van der Waals surface area contributed by atoms with Crippen LogP contribution in [0.4, 0.5) is 13.2 Å². The fourth-order valence-corrected chi connectivity index (χ4v) is 5.45.